The minimum atomic E-state index is 0.404. The number of thiophene rings is 1. The third-order valence-corrected chi connectivity index (χ3v) is 3.92. The van der Waals surface area contributed by atoms with Crippen molar-refractivity contribution in [3.63, 3.8) is 0 Å². The Morgan fingerprint density at radius 3 is 2.82 bits per heavy atom. The Kier molecular flexibility index (Phi) is 4.15. The Hall–Kier alpha value is -0.910. The van der Waals surface area contributed by atoms with Crippen LogP contribution in [0.1, 0.15) is 11.1 Å². The zero-order valence-electron chi connectivity index (χ0n) is 8.94. The van der Waals surface area contributed by atoms with E-state index in [2.05, 4.69) is 38.1 Å². The fourth-order valence-corrected chi connectivity index (χ4v) is 2.99. The third-order valence-electron chi connectivity index (χ3n) is 2.31. The Balaban J connectivity index is 2.07. The number of anilines is 1. The second-order valence-corrected chi connectivity index (χ2v) is 5.62. The fourth-order valence-electron chi connectivity index (χ4n) is 1.42. The molecule has 2 rings (SSSR count). The molecule has 0 radical (unpaired) electrons. The molecule has 0 amide bonds. The van der Waals surface area contributed by atoms with E-state index in [-0.39, 0.29) is 0 Å². The van der Waals surface area contributed by atoms with Gasteiger partial charge >= 0.3 is 0 Å². The van der Waals surface area contributed by atoms with Gasteiger partial charge in [0.25, 0.3) is 0 Å². The van der Waals surface area contributed by atoms with Crippen molar-refractivity contribution in [2.45, 2.75) is 6.54 Å². The van der Waals surface area contributed by atoms with Gasteiger partial charge in [0, 0.05) is 22.3 Å². The normalized spacial score (nSPS) is 10.2. The molecule has 1 aromatic heterocycles. The van der Waals surface area contributed by atoms with Crippen LogP contribution in [0.2, 0.25) is 0 Å². The topological polar surface area (TPSA) is 38.0 Å². The highest BCUT2D eigenvalue weighted by atomic mass is 79.9. The molecule has 0 unspecified atom stereocenters. The molecular formula is C12H11BrN2S2. The number of rotatable bonds is 4. The van der Waals surface area contributed by atoms with Gasteiger partial charge in [-0.3, -0.25) is 0 Å². The second-order valence-electron chi connectivity index (χ2n) is 3.54. The van der Waals surface area contributed by atoms with Crippen LogP contribution in [0.4, 0.5) is 5.69 Å². The maximum Gasteiger partial charge on any atom is 0.105 e. The van der Waals surface area contributed by atoms with Crippen LogP contribution in [0.15, 0.2) is 39.5 Å². The van der Waals surface area contributed by atoms with Crippen molar-refractivity contribution >= 4 is 50.2 Å². The first-order valence-electron chi connectivity index (χ1n) is 5.01. The van der Waals surface area contributed by atoms with Gasteiger partial charge in [-0.25, -0.2) is 0 Å². The van der Waals surface area contributed by atoms with Crippen LogP contribution in [0, 0.1) is 0 Å². The minimum Gasteiger partial charge on any atom is -0.389 e. The summed E-state index contributed by atoms with van der Waals surface area (Å²) in [5, 5.41) is 7.55. The first-order valence-corrected chi connectivity index (χ1v) is 7.15. The van der Waals surface area contributed by atoms with Crippen molar-refractivity contribution < 1.29 is 0 Å². The third kappa shape index (κ3) is 3.28. The molecule has 3 N–H and O–H groups in total. The number of thiocarbonyl (C=S) groups is 1. The molecule has 0 aliphatic carbocycles. The van der Waals surface area contributed by atoms with Crippen LogP contribution in [-0.2, 0) is 6.54 Å². The van der Waals surface area contributed by atoms with E-state index in [0.717, 1.165) is 22.3 Å². The van der Waals surface area contributed by atoms with Gasteiger partial charge in [-0.05, 0) is 56.5 Å². The highest BCUT2D eigenvalue weighted by Gasteiger charge is 2.03. The lowest BCUT2D eigenvalue weighted by molar-refractivity contribution is 1.16. The predicted octanol–water partition coefficient (Wildman–Crippen LogP) is 3.76. The molecule has 0 saturated carbocycles. The molecule has 0 atom stereocenters. The number of hydrogen-bond donors (Lipinski definition) is 2. The summed E-state index contributed by atoms with van der Waals surface area (Å²) >= 11 is 10.1. The summed E-state index contributed by atoms with van der Waals surface area (Å²) in [6, 6.07) is 7.99. The van der Waals surface area contributed by atoms with Crippen molar-refractivity contribution in [1.82, 2.24) is 0 Å². The molecule has 0 fully saturated rings. The van der Waals surface area contributed by atoms with Gasteiger partial charge in [-0.1, -0.05) is 12.2 Å². The molecule has 0 saturated heterocycles. The van der Waals surface area contributed by atoms with Crippen LogP contribution in [-0.4, -0.2) is 4.99 Å². The fraction of sp³-hybridized carbons (Fsp3) is 0.0833. The van der Waals surface area contributed by atoms with E-state index in [9.17, 15) is 0 Å². The SMILES string of the molecule is NC(=S)c1ccc(NCc2ccsc2)cc1Br. The van der Waals surface area contributed by atoms with E-state index in [0.29, 0.717) is 4.99 Å². The summed E-state index contributed by atoms with van der Waals surface area (Å²) in [6.45, 7) is 0.822. The van der Waals surface area contributed by atoms with Gasteiger partial charge in [0.15, 0.2) is 0 Å². The monoisotopic (exact) mass is 326 g/mol. The van der Waals surface area contributed by atoms with Crippen molar-refractivity contribution in [3.05, 3.63) is 50.6 Å². The van der Waals surface area contributed by atoms with Crippen molar-refractivity contribution in [2.24, 2.45) is 5.73 Å². The molecule has 5 heteroatoms. The molecule has 1 heterocycles. The van der Waals surface area contributed by atoms with Crippen LogP contribution in [0.5, 0.6) is 0 Å². The van der Waals surface area contributed by atoms with E-state index in [1.807, 2.05) is 18.2 Å². The Bertz CT molecular complexity index is 523. The number of halogens is 1. The highest BCUT2D eigenvalue weighted by molar-refractivity contribution is 9.10. The molecule has 88 valence electrons. The lowest BCUT2D eigenvalue weighted by atomic mass is 10.2. The Morgan fingerprint density at radius 1 is 1.41 bits per heavy atom. The van der Waals surface area contributed by atoms with Gasteiger partial charge in [0.05, 0.1) is 0 Å². The van der Waals surface area contributed by atoms with Crippen molar-refractivity contribution in [1.29, 1.82) is 0 Å². The molecule has 0 spiro atoms. The molecule has 17 heavy (non-hydrogen) atoms. The molecule has 2 aromatic rings. The number of nitrogens with two attached hydrogens (primary N) is 1. The molecule has 2 nitrogen and oxygen atoms in total. The average molecular weight is 327 g/mol. The van der Waals surface area contributed by atoms with E-state index in [4.69, 9.17) is 18.0 Å². The zero-order chi connectivity index (χ0) is 12.3. The quantitative estimate of drug-likeness (QED) is 0.840. The Morgan fingerprint density at radius 2 is 2.24 bits per heavy atom. The first kappa shape index (κ1) is 12.5. The first-order chi connectivity index (χ1) is 8.16. The lowest BCUT2D eigenvalue weighted by Crippen LogP contribution is -2.10. The maximum absolute atomic E-state index is 5.60. The summed E-state index contributed by atoms with van der Waals surface area (Å²) in [7, 11) is 0. The largest absolute Gasteiger partial charge is 0.389 e. The van der Waals surface area contributed by atoms with Gasteiger partial charge in [-0.2, -0.15) is 11.3 Å². The highest BCUT2D eigenvalue weighted by Crippen LogP contribution is 2.22. The van der Waals surface area contributed by atoms with Gasteiger partial charge in [-0.15, -0.1) is 0 Å². The van der Waals surface area contributed by atoms with E-state index in [1.54, 1.807) is 11.3 Å². The average Bonchev–Trinajstić information content (AvgIpc) is 2.78. The smallest absolute Gasteiger partial charge is 0.105 e. The summed E-state index contributed by atoms with van der Waals surface area (Å²) in [6.07, 6.45) is 0. The molecule has 1 aromatic carbocycles. The lowest BCUT2D eigenvalue weighted by Gasteiger charge is -2.08. The van der Waals surface area contributed by atoms with E-state index < -0.39 is 0 Å². The van der Waals surface area contributed by atoms with Gasteiger partial charge in [0.1, 0.15) is 4.99 Å². The summed E-state index contributed by atoms with van der Waals surface area (Å²) in [4.78, 5) is 0.404. The minimum absolute atomic E-state index is 0.404. The second kappa shape index (κ2) is 5.62. The molecule has 0 aliphatic heterocycles. The number of benzene rings is 1. The maximum atomic E-state index is 5.60. The summed E-state index contributed by atoms with van der Waals surface area (Å²) in [5.74, 6) is 0. The van der Waals surface area contributed by atoms with Crippen molar-refractivity contribution in [3.8, 4) is 0 Å². The number of nitrogens with one attached hydrogen (secondary N) is 1. The van der Waals surface area contributed by atoms with Crippen LogP contribution in [0.3, 0.4) is 0 Å². The number of hydrogen-bond acceptors (Lipinski definition) is 3. The molecular weight excluding hydrogens is 316 g/mol. The zero-order valence-corrected chi connectivity index (χ0v) is 12.2. The van der Waals surface area contributed by atoms with Gasteiger partial charge in [0.2, 0.25) is 0 Å². The summed E-state index contributed by atoms with van der Waals surface area (Å²) in [5.41, 5.74) is 8.79. The van der Waals surface area contributed by atoms with Gasteiger partial charge < -0.3 is 11.1 Å². The Labute approximate surface area is 118 Å². The van der Waals surface area contributed by atoms with Crippen LogP contribution in [0.25, 0.3) is 0 Å². The molecule has 0 bridgehead atoms. The predicted molar refractivity (Wildman–Crippen MR) is 81.7 cm³/mol. The van der Waals surface area contributed by atoms with Crippen molar-refractivity contribution in [2.75, 3.05) is 5.32 Å². The van der Waals surface area contributed by atoms with E-state index >= 15 is 0 Å². The summed E-state index contributed by atoms with van der Waals surface area (Å²) < 4.78 is 0.917. The van der Waals surface area contributed by atoms with Crippen LogP contribution >= 0.6 is 39.5 Å². The molecule has 0 aliphatic rings. The van der Waals surface area contributed by atoms with E-state index in [1.165, 1.54) is 5.56 Å². The standard InChI is InChI=1S/C12H11BrN2S2/c13-11-5-9(1-2-10(11)12(14)16)15-6-8-3-4-17-7-8/h1-5,7,15H,6H2,(H2,14,16). The van der Waals surface area contributed by atoms with Crippen LogP contribution < -0.4 is 11.1 Å².